The number of aliphatic imine (C=N–C) groups is 1. The molecule has 24 heavy (non-hydrogen) atoms. The van der Waals surface area contributed by atoms with Gasteiger partial charge in [-0.2, -0.15) is 13.2 Å². The maximum atomic E-state index is 13.2. The van der Waals surface area contributed by atoms with E-state index in [9.17, 15) is 18.0 Å². The second-order valence-corrected chi connectivity index (χ2v) is 4.50. The Labute approximate surface area is 135 Å². The number of amides is 1. The first-order valence-corrected chi connectivity index (χ1v) is 6.60. The largest absolute Gasteiger partial charge is 0.433 e. The molecule has 0 aliphatic carbocycles. The van der Waals surface area contributed by atoms with Crippen molar-refractivity contribution in [3.05, 3.63) is 54.5 Å². The van der Waals surface area contributed by atoms with Gasteiger partial charge in [-0.15, -0.1) is 0 Å². The molecule has 0 unspecified atom stereocenters. The van der Waals surface area contributed by atoms with Crippen LogP contribution in [0.3, 0.4) is 0 Å². The van der Waals surface area contributed by atoms with Gasteiger partial charge in [0, 0.05) is 23.7 Å². The molecule has 2 heterocycles. The molecule has 0 radical (unpaired) electrons. The van der Waals surface area contributed by atoms with Gasteiger partial charge in [-0.1, -0.05) is 0 Å². The summed E-state index contributed by atoms with van der Waals surface area (Å²) >= 11 is 0. The smallest absolute Gasteiger partial charge is 0.398 e. The van der Waals surface area contributed by atoms with Crippen molar-refractivity contribution in [2.45, 2.75) is 6.18 Å². The van der Waals surface area contributed by atoms with E-state index >= 15 is 0 Å². The van der Waals surface area contributed by atoms with Gasteiger partial charge in [0.15, 0.2) is 0 Å². The molecule has 0 aromatic carbocycles. The summed E-state index contributed by atoms with van der Waals surface area (Å²) in [6, 6.07) is 5.71. The molecule has 0 saturated heterocycles. The summed E-state index contributed by atoms with van der Waals surface area (Å²) in [6.07, 6.45) is 0.369. The average molecular weight is 335 g/mol. The van der Waals surface area contributed by atoms with Crippen molar-refractivity contribution in [3.8, 4) is 0 Å². The molecule has 0 aliphatic rings. The van der Waals surface area contributed by atoms with Crippen molar-refractivity contribution in [3.63, 3.8) is 0 Å². The van der Waals surface area contributed by atoms with Crippen LogP contribution in [0.1, 0.15) is 5.56 Å². The molecule has 124 valence electrons. The van der Waals surface area contributed by atoms with Crippen LogP contribution in [-0.4, -0.2) is 28.3 Å². The maximum Gasteiger partial charge on any atom is 0.433 e. The van der Waals surface area contributed by atoms with Crippen LogP contribution in [-0.2, 0) is 4.79 Å². The van der Waals surface area contributed by atoms with Crippen LogP contribution in [0, 0.1) is 0 Å². The number of pyridine rings is 2. The summed E-state index contributed by atoms with van der Waals surface area (Å²) in [7, 11) is 0. The second-order valence-electron chi connectivity index (χ2n) is 4.50. The fraction of sp³-hybridized carbons (Fsp3) is 0.0667. The first-order chi connectivity index (χ1) is 11.4. The summed E-state index contributed by atoms with van der Waals surface area (Å²) in [5.41, 5.74) is 4.70. The minimum atomic E-state index is -4.70. The number of nitrogens with one attached hydrogen (secondary N) is 1. The molecule has 2 aromatic heterocycles. The molecule has 6 nitrogen and oxygen atoms in total. The molecule has 2 aromatic rings. The third-order valence-electron chi connectivity index (χ3n) is 2.78. The van der Waals surface area contributed by atoms with Crippen molar-refractivity contribution in [2.75, 3.05) is 5.32 Å². The first-order valence-electron chi connectivity index (χ1n) is 6.60. The number of halogens is 3. The highest BCUT2D eigenvalue weighted by Crippen LogP contribution is 2.24. The van der Waals surface area contributed by atoms with Gasteiger partial charge >= 0.3 is 6.18 Å². The van der Waals surface area contributed by atoms with Crippen molar-refractivity contribution in [1.82, 2.24) is 9.97 Å². The molecule has 0 atom stereocenters. The first kappa shape index (κ1) is 17.1. The van der Waals surface area contributed by atoms with Crippen LogP contribution in [0.4, 0.5) is 24.7 Å². The average Bonchev–Trinajstić information content (AvgIpc) is 2.56. The number of allylic oxidation sites excluding steroid dienone is 1. The highest BCUT2D eigenvalue weighted by atomic mass is 19.4. The lowest BCUT2D eigenvalue weighted by Crippen LogP contribution is -2.21. The topological polar surface area (TPSA) is 93.3 Å². The van der Waals surface area contributed by atoms with Gasteiger partial charge in [0.1, 0.15) is 11.5 Å². The van der Waals surface area contributed by atoms with Crippen molar-refractivity contribution < 1.29 is 18.0 Å². The minimum absolute atomic E-state index is 0.0333. The number of alkyl halides is 3. The van der Waals surface area contributed by atoms with Gasteiger partial charge in [0.25, 0.3) is 0 Å². The zero-order valence-electron chi connectivity index (χ0n) is 12.2. The van der Waals surface area contributed by atoms with Crippen LogP contribution >= 0.6 is 0 Å². The number of nitrogens with two attached hydrogens (primary N) is 1. The molecule has 1 amide bonds. The lowest BCUT2D eigenvalue weighted by Gasteiger charge is -2.09. The van der Waals surface area contributed by atoms with Gasteiger partial charge < -0.3 is 11.1 Å². The number of carbonyl (C=O) groups is 1. The van der Waals surface area contributed by atoms with Gasteiger partial charge in [-0.05, 0) is 30.3 Å². The van der Waals surface area contributed by atoms with E-state index in [0.29, 0.717) is 12.0 Å². The van der Waals surface area contributed by atoms with E-state index in [2.05, 4.69) is 20.3 Å². The lowest BCUT2D eigenvalue weighted by atomic mass is 10.2. The van der Waals surface area contributed by atoms with E-state index in [0.717, 1.165) is 12.3 Å². The fourth-order valence-corrected chi connectivity index (χ4v) is 1.68. The van der Waals surface area contributed by atoms with E-state index in [1.165, 1.54) is 30.6 Å². The number of rotatable bonds is 5. The fourth-order valence-electron chi connectivity index (χ4n) is 1.68. The maximum absolute atomic E-state index is 13.2. The van der Waals surface area contributed by atoms with Crippen molar-refractivity contribution >= 4 is 29.3 Å². The number of nitrogens with zero attached hydrogens (tertiary/aromatic N) is 3. The molecule has 0 aliphatic heterocycles. The van der Waals surface area contributed by atoms with Crippen molar-refractivity contribution in [1.29, 1.82) is 0 Å². The molecular weight excluding hydrogens is 323 g/mol. The third kappa shape index (κ3) is 4.63. The summed E-state index contributed by atoms with van der Waals surface area (Å²) < 4.78 is 39.5. The lowest BCUT2D eigenvalue weighted by molar-refractivity contribution is -0.105. The van der Waals surface area contributed by atoms with E-state index in [1.807, 2.05) is 0 Å². The quantitative estimate of drug-likeness (QED) is 0.649. The summed E-state index contributed by atoms with van der Waals surface area (Å²) in [4.78, 5) is 21.4. The van der Waals surface area contributed by atoms with Crippen LogP contribution in [0.5, 0.6) is 0 Å². The normalized spacial score (nSPS) is 12.8. The number of aromatic nitrogens is 2. The third-order valence-corrected chi connectivity index (χ3v) is 2.78. The zero-order chi connectivity index (χ0) is 17.6. The number of anilines is 1. The Balaban J connectivity index is 2.36. The molecule has 0 bridgehead atoms. The monoisotopic (exact) mass is 335 g/mol. The Hall–Kier alpha value is -3.23. The van der Waals surface area contributed by atoms with Gasteiger partial charge in [-0.25, -0.2) is 9.98 Å². The van der Waals surface area contributed by atoms with Crippen LogP contribution in [0.15, 0.2) is 53.9 Å². The highest BCUT2D eigenvalue weighted by Gasteiger charge is 2.34. The Bertz CT molecular complexity index is 755. The summed E-state index contributed by atoms with van der Waals surface area (Å²) in [6.45, 7) is 0. The molecule has 9 heteroatoms. The molecule has 0 spiro atoms. The molecular formula is C15H12F3N5O. The molecule has 2 rings (SSSR count). The van der Waals surface area contributed by atoms with Crippen LogP contribution in [0.25, 0.3) is 5.70 Å². The Morgan fingerprint density at radius 1 is 1.25 bits per heavy atom. The van der Waals surface area contributed by atoms with Crippen molar-refractivity contribution in [2.24, 2.45) is 10.7 Å². The van der Waals surface area contributed by atoms with Gasteiger partial charge in [-0.3, -0.25) is 9.78 Å². The second kappa shape index (κ2) is 7.36. The number of carbonyl (C=O) groups excluding carboxylic acids is 1. The predicted octanol–water partition coefficient (Wildman–Crippen LogP) is 2.68. The summed E-state index contributed by atoms with van der Waals surface area (Å²) in [5.74, 6) is 0.197. The molecule has 3 N–H and O–H groups in total. The van der Waals surface area contributed by atoms with Crippen LogP contribution in [0.2, 0.25) is 0 Å². The van der Waals surface area contributed by atoms with E-state index < -0.39 is 11.9 Å². The Kier molecular flexibility index (Phi) is 5.25. The predicted molar refractivity (Wildman–Crippen MR) is 83.5 cm³/mol. The van der Waals surface area contributed by atoms with E-state index in [1.54, 1.807) is 6.07 Å². The Morgan fingerprint density at radius 3 is 2.58 bits per heavy atom. The number of hydrogen-bond donors (Lipinski definition) is 2. The Morgan fingerprint density at radius 2 is 2.04 bits per heavy atom. The van der Waals surface area contributed by atoms with E-state index in [4.69, 9.17) is 5.73 Å². The van der Waals surface area contributed by atoms with Crippen LogP contribution < -0.4 is 11.1 Å². The summed E-state index contributed by atoms with van der Waals surface area (Å²) in [5, 5.41) is 2.27. The minimum Gasteiger partial charge on any atom is -0.398 e. The number of hydrogen-bond acceptors (Lipinski definition) is 5. The standard InChI is InChI=1S/C15H12F3N5O/c16-15(17,18)13(6-12(19)10-2-1-5-20-7-10)23-11-3-4-14(21-8-11)22-9-24/h1-9H,19H2,(H,21,22,24)/b12-6-,23-13?. The molecule has 0 fully saturated rings. The molecule has 0 saturated carbocycles. The van der Waals surface area contributed by atoms with E-state index in [-0.39, 0.29) is 17.2 Å². The SMILES string of the molecule is N/C(=C\C(=Nc1ccc(NC=O)nc1)C(F)(F)F)c1cccnc1. The van der Waals surface area contributed by atoms with Gasteiger partial charge in [0.2, 0.25) is 6.41 Å². The zero-order valence-corrected chi connectivity index (χ0v) is 12.2. The highest BCUT2D eigenvalue weighted by molar-refractivity contribution is 6.05. The van der Waals surface area contributed by atoms with Gasteiger partial charge in [0.05, 0.1) is 11.9 Å².